The Hall–Kier alpha value is -1.76. The van der Waals surface area contributed by atoms with E-state index in [4.69, 9.17) is 0 Å². The Bertz CT molecular complexity index is 570. The molecule has 0 atom stereocenters. The fraction of sp³-hybridized carbons (Fsp3) is 0.333. The van der Waals surface area contributed by atoms with E-state index in [2.05, 4.69) is 45.0 Å². The summed E-state index contributed by atoms with van der Waals surface area (Å²) in [6.45, 7) is 6.41. The number of aromatic hydroxyl groups is 1. The molecule has 0 aliphatic heterocycles. The van der Waals surface area contributed by atoms with Gasteiger partial charge >= 0.3 is 0 Å². The summed E-state index contributed by atoms with van der Waals surface area (Å²) in [5.41, 5.74) is 6.07. The van der Waals surface area contributed by atoms with E-state index in [1.54, 1.807) is 0 Å². The van der Waals surface area contributed by atoms with Crippen LogP contribution in [0.5, 0.6) is 5.75 Å². The minimum absolute atomic E-state index is 0.404. The lowest BCUT2D eigenvalue weighted by Crippen LogP contribution is -1.92. The van der Waals surface area contributed by atoms with Crippen molar-refractivity contribution < 1.29 is 5.11 Å². The highest BCUT2D eigenvalue weighted by Crippen LogP contribution is 2.30. The molecule has 0 saturated heterocycles. The van der Waals surface area contributed by atoms with E-state index in [-0.39, 0.29) is 0 Å². The van der Waals surface area contributed by atoms with Gasteiger partial charge in [-0.15, -0.1) is 0 Å². The van der Waals surface area contributed by atoms with E-state index >= 15 is 0 Å². The van der Waals surface area contributed by atoms with Gasteiger partial charge in [0, 0.05) is 0 Å². The third-order valence-electron chi connectivity index (χ3n) is 3.74. The van der Waals surface area contributed by atoms with Gasteiger partial charge in [0.1, 0.15) is 5.75 Å². The number of rotatable bonds is 4. The van der Waals surface area contributed by atoms with E-state index in [0.29, 0.717) is 5.75 Å². The van der Waals surface area contributed by atoms with E-state index in [1.807, 2.05) is 12.1 Å². The predicted octanol–water partition coefficient (Wildman–Crippen LogP) is 4.75. The summed E-state index contributed by atoms with van der Waals surface area (Å²) >= 11 is 0. The van der Waals surface area contributed by atoms with E-state index in [9.17, 15) is 5.11 Å². The third kappa shape index (κ3) is 2.81. The van der Waals surface area contributed by atoms with Crippen molar-refractivity contribution in [1.29, 1.82) is 0 Å². The van der Waals surface area contributed by atoms with E-state index in [0.717, 1.165) is 30.4 Å². The number of phenolic OH excluding ortho intramolecular Hbond substituents is 1. The molecular weight excluding hydrogens is 232 g/mol. The predicted molar refractivity (Wildman–Crippen MR) is 81.7 cm³/mol. The Labute approximate surface area is 115 Å². The highest BCUT2D eigenvalue weighted by atomic mass is 16.3. The van der Waals surface area contributed by atoms with Gasteiger partial charge in [-0.2, -0.15) is 0 Å². The van der Waals surface area contributed by atoms with Gasteiger partial charge < -0.3 is 5.11 Å². The first kappa shape index (κ1) is 13.7. The van der Waals surface area contributed by atoms with Gasteiger partial charge in [-0.3, -0.25) is 0 Å². The fourth-order valence-electron chi connectivity index (χ4n) is 2.47. The van der Waals surface area contributed by atoms with Crippen molar-refractivity contribution in [3.63, 3.8) is 0 Å². The van der Waals surface area contributed by atoms with Crippen LogP contribution >= 0.6 is 0 Å². The molecule has 2 aromatic rings. The van der Waals surface area contributed by atoms with Gasteiger partial charge in [-0.25, -0.2) is 0 Å². The second kappa shape index (κ2) is 5.92. The Kier molecular flexibility index (Phi) is 4.26. The monoisotopic (exact) mass is 254 g/mol. The van der Waals surface area contributed by atoms with Gasteiger partial charge in [0.15, 0.2) is 0 Å². The molecule has 0 fully saturated rings. The zero-order valence-corrected chi connectivity index (χ0v) is 12.0. The van der Waals surface area contributed by atoms with E-state index < -0.39 is 0 Å². The standard InChI is InChI=1S/C18H22O/c1-4-13-7-10-17(15(6-3)11-13)16-9-8-14(5-2)18(19)12-16/h7-12,19H,4-6H2,1-3H3. The molecule has 0 unspecified atom stereocenters. The Morgan fingerprint density at radius 1 is 0.789 bits per heavy atom. The SMILES string of the molecule is CCc1ccc(-c2ccc(CC)c(O)c2)c(CC)c1. The largest absolute Gasteiger partial charge is 0.508 e. The smallest absolute Gasteiger partial charge is 0.119 e. The van der Waals surface area contributed by atoms with Crippen molar-refractivity contribution in [2.75, 3.05) is 0 Å². The van der Waals surface area contributed by atoms with Crippen LogP contribution < -0.4 is 0 Å². The maximum atomic E-state index is 10.0. The first-order valence-electron chi connectivity index (χ1n) is 7.13. The summed E-state index contributed by atoms with van der Waals surface area (Å²) in [7, 11) is 0. The summed E-state index contributed by atoms with van der Waals surface area (Å²) < 4.78 is 0. The molecular formula is C18H22O. The molecule has 0 radical (unpaired) electrons. The maximum absolute atomic E-state index is 10.0. The number of benzene rings is 2. The first-order chi connectivity index (χ1) is 9.19. The van der Waals surface area contributed by atoms with Gasteiger partial charge in [0.05, 0.1) is 0 Å². The number of hydrogen-bond acceptors (Lipinski definition) is 1. The van der Waals surface area contributed by atoms with Crippen LogP contribution in [-0.2, 0) is 19.3 Å². The summed E-state index contributed by atoms with van der Waals surface area (Å²) in [5, 5.41) is 10.0. The van der Waals surface area contributed by atoms with Crippen LogP contribution in [0, 0.1) is 0 Å². The highest BCUT2D eigenvalue weighted by molar-refractivity contribution is 5.70. The van der Waals surface area contributed by atoms with E-state index in [1.165, 1.54) is 16.7 Å². The molecule has 1 nitrogen and oxygen atoms in total. The van der Waals surface area contributed by atoms with Crippen molar-refractivity contribution in [3.8, 4) is 16.9 Å². The molecule has 100 valence electrons. The number of aryl methyl sites for hydroxylation is 3. The lowest BCUT2D eigenvalue weighted by Gasteiger charge is -2.12. The topological polar surface area (TPSA) is 20.2 Å². The number of phenols is 1. The van der Waals surface area contributed by atoms with Crippen LogP contribution in [0.25, 0.3) is 11.1 Å². The summed E-state index contributed by atoms with van der Waals surface area (Å²) in [4.78, 5) is 0. The quantitative estimate of drug-likeness (QED) is 0.835. The third-order valence-corrected chi connectivity index (χ3v) is 3.74. The minimum Gasteiger partial charge on any atom is -0.508 e. The van der Waals surface area contributed by atoms with Crippen molar-refractivity contribution >= 4 is 0 Å². The average Bonchev–Trinajstić information content (AvgIpc) is 2.46. The first-order valence-corrected chi connectivity index (χ1v) is 7.13. The second-order valence-corrected chi connectivity index (χ2v) is 4.90. The molecule has 0 heterocycles. The molecule has 0 aliphatic rings. The average molecular weight is 254 g/mol. The molecule has 2 rings (SSSR count). The molecule has 0 saturated carbocycles. The summed E-state index contributed by atoms with van der Waals surface area (Å²) in [6, 6.07) is 12.7. The lowest BCUT2D eigenvalue weighted by atomic mass is 9.94. The Morgan fingerprint density at radius 2 is 1.53 bits per heavy atom. The van der Waals surface area contributed by atoms with Gasteiger partial charge in [0.25, 0.3) is 0 Å². The van der Waals surface area contributed by atoms with Gasteiger partial charge in [-0.05, 0) is 53.1 Å². The normalized spacial score (nSPS) is 10.7. The molecule has 0 bridgehead atoms. The minimum atomic E-state index is 0.404. The van der Waals surface area contributed by atoms with Gasteiger partial charge in [0.2, 0.25) is 0 Å². The molecule has 1 heteroatoms. The highest BCUT2D eigenvalue weighted by Gasteiger charge is 2.07. The van der Waals surface area contributed by atoms with Crippen LogP contribution in [-0.4, -0.2) is 5.11 Å². The van der Waals surface area contributed by atoms with Gasteiger partial charge in [-0.1, -0.05) is 51.1 Å². The van der Waals surface area contributed by atoms with Crippen molar-refractivity contribution in [1.82, 2.24) is 0 Å². The lowest BCUT2D eigenvalue weighted by molar-refractivity contribution is 0.469. The molecule has 0 aromatic heterocycles. The molecule has 0 amide bonds. The zero-order valence-electron chi connectivity index (χ0n) is 12.0. The van der Waals surface area contributed by atoms with Crippen LogP contribution in [0.1, 0.15) is 37.5 Å². The Balaban J connectivity index is 2.49. The van der Waals surface area contributed by atoms with Crippen LogP contribution in [0.15, 0.2) is 36.4 Å². The molecule has 19 heavy (non-hydrogen) atoms. The zero-order chi connectivity index (χ0) is 13.8. The Morgan fingerprint density at radius 3 is 2.11 bits per heavy atom. The molecule has 0 spiro atoms. The van der Waals surface area contributed by atoms with Crippen LogP contribution in [0.3, 0.4) is 0 Å². The van der Waals surface area contributed by atoms with Crippen LogP contribution in [0.4, 0.5) is 0 Å². The fourth-order valence-corrected chi connectivity index (χ4v) is 2.47. The molecule has 2 aromatic carbocycles. The molecule has 1 N–H and O–H groups in total. The van der Waals surface area contributed by atoms with Crippen molar-refractivity contribution in [2.45, 2.75) is 40.0 Å². The summed E-state index contributed by atoms with van der Waals surface area (Å²) in [5.74, 6) is 0.404. The van der Waals surface area contributed by atoms with Crippen molar-refractivity contribution in [2.24, 2.45) is 0 Å². The maximum Gasteiger partial charge on any atom is 0.119 e. The number of hydrogen-bond donors (Lipinski definition) is 1. The molecule has 0 aliphatic carbocycles. The summed E-state index contributed by atoms with van der Waals surface area (Å²) in [6.07, 6.45) is 2.94. The van der Waals surface area contributed by atoms with Crippen molar-refractivity contribution in [3.05, 3.63) is 53.1 Å². The van der Waals surface area contributed by atoms with Crippen LogP contribution in [0.2, 0.25) is 0 Å². The second-order valence-electron chi connectivity index (χ2n) is 4.90.